The Hall–Kier alpha value is -1.36. The largest absolute Gasteiger partial charge is 0.367 e. The summed E-state index contributed by atoms with van der Waals surface area (Å²) in [6.07, 6.45) is 5.68. The lowest BCUT2D eigenvalue weighted by Gasteiger charge is -2.29. The molecule has 0 saturated heterocycles. The van der Waals surface area contributed by atoms with Crippen LogP contribution in [0.25, 0.3) is 0 Å². The van der Waals surface area contributed by atoms with Gasteiger partial charge in [-0.2, -0.15) is 0 Å². The van der Waals surface area contributed by atoms with Gasteiger partial charge in [-0.1, -0.05) is 6.42 Å². The van der Waals surface area contributed by atoms with Gasteiger partial charge in [0.2, 0.25) is 0 Å². The third-order valence-electron chi connectivity index (χ3n) is 4.80. The van der Waals surface area contributed by atoms with Crippen molar-refractivity contribution in [1.29, 1.82) is 0 Å². The summed E-state index contributed by atoms with van der Waals surface area (Å²) in [7, 11) is 0. The van der Waals surface area contributed by atoms with Crippen molar-refractivity contribution in [3.8, 4) is 0 Å². The summed E-state index contributed by atoms with van der Waals surface area (Å²) >= 11 is 0. The van der Waals surface area contributed by atoms with Crippen LogP contribution in [0.15, 0.2) is 6.07 Å². The number of nitrogens with one attached hydrogen (secondary N) is 2. The number of aryl methyl sites for hydroxylation is 1. The summed E-state index contributed by atoms with van der Waals surface area (Å²) < 4.78 is 0. The molecule has 0 aliphatic heterocycles. The van der Waals surface area contributed by atoms with Crippen molar-refractivity contribution in [3.63, 3.8) is 0 Å². The van der Waals surface area contributed by atoms with E-state index in [-0.39, 0.29) is 0 Å². The highest BCUT2D eigenvalue weighted by atomic mass is 15.3. The highest BCUT2D eigenvalue weighted by molar-refractivity contribution is 5.47. The first-order chi connectivity index (χ1) is 9.15. The maximum Gasteiger partial charge on any atom is 0.145 e. The van der Waals surface area contributed by atoms with Gasteiger partial charge >= 0.3 is 0 Å². The fraction of sp³-hybridized carbons (Fsp3) is 0.714. The van der Waals surface area contributed by atoms with Gasteiger partial charge in [-0.3, -0.25) is 0 Å². The molecule has 0 amide bonds. The number of nitrogens with zero attached hydrogens (tertiary/aromatic N) is 2. The van der Waals surface area contributed by atoms with E-state index in [0.717, 1.165) is 29.4 Å². The van der Waals surface area contributed by atoms with Gasteiger partial charge in [0, 0.05) is 12.1 Å². The molecule has 0 spiro atoms. The molecule has 5 heteroatoms. The van der Waals surface area contributed by atoms with Crippen LogP contribution in [0.3, 0.4) is 0 Å². The molecular weight excluding hydrogens is 238 g/mol. The fourth-order valence-electron chi connectivity index (χ4n) is 3.96. The Balaban J connectivity index is 1.69. The second-order valence-electron chi connectivity index (χ2n) is 6.10. The zero-order chi connectivity index (χ0) is 13.4. The molecule has 4 unspecified atom stereocenters. The lowest BCUT2D eigenvalue weighted by Crippen LogP contribution is -2.30. The highest BCUT2D eigenvalue weighted by Crippen LogP contribution is 2.49. The molecule has 0 aromatic carbocycles. The van der Waals surface area contributed by atoms with Gasteiger partial charge in [0.15, 0.2) is 0 Å². The molecule has 2 aliphatic rings. The zero-order valence-corrected chi connectivity index (χ0v) is 11.7. The molecule has 2 aliphatic carbocycles. The van der Waals surface area contributed by atoms with Crippen molar-refractivity contribution in [2.75, 3.05) is 10.7 Å². The van der Waals surface area contributed by atoms with Crippen molar-refractivity contribution < 1.29 is 0 Å². The first-order valence-electron chi connectivity index (χ1n) is 7.24. The number of hydrogen-bond donors (Lipinski definition) is 3. The number of hydrogen-bond acceptors (Lipinski definition) is 5. The molecule has 5 nitrogen and oxygen atoms in total. The Kier molecular flexibility index (Phi) is 3.31. The van der Waals surface area contributed by atoms with Crippen molar-refractivity contribution in [1.82, 2.24) is 9.97 Å². The predicted octanol–water partition coefficient (Wildman–Crippen LogP) is 2.31. The summed E-state index contributed by atoms with van der Waals surface area (Å²) in [5, 5.41) is 3.54. The lowest BCUT2D eigenvalue weighted by molar-refractivity contribution is 0.304. The van der Waals surface area contributed by atoms with Crippen molar-refractivity contribution in [2.45, 2.75) is 45.6 Å². The Labute approximate surface area is 114 Å². The van der Waals surface area contributed by atoms with Crippen LogP contribution >= 0.6 is 0 Å². The number of fused-ring (bicyclic) bond motifs is 2. The van der Waals surface area contributed by atoms with Crippen molar-refractivity contribution in [3.05, 3.63) is 11.9 Å². The Bertz CT molecular complexity index is 461. The quantitative estimate of drug-likeness (QED) is 0.573. The van der Waals surface area contributed by atoms with Gasteiger partial charge < -0.3 is 10.7 Å². The van der Waals surface area contributed by atoms with Gasteiger partial charge in [-0.25, -0.2) is 15.8 Å². The van der Waals surface area contributed by atoms with Crippen LogP contribution < -0.4 is 16.6 Å². The summed E-state index contributed by atoms with van der Waals surface area (Å²) in [6.45, 7) is 4.16. The predicted molar refractivity (Wildman–Crippen MR) is 76.6 cm³/mol. The Morgan fingerprint density at radius 1 is 1.26 bits per heavy atom. The van der Waals surface area contributed by atoms with E-state index in [9.17, 15) is 0 Å². The molecule has 2 fully saturated rings. The van der Waals surface area contributed by atoms with Crippen LogP contribution in [0.4, 0.5) is 11.6 Å². The molecule has 1 heterocycles. The maximum absolute atomic E-state index is 5.42. The van der Waals surface area contributed by atoms with Crippen LogP contribution in [0.2, 0.25) is 0 Å². The standard InChI is InChI=1S/C14H23N5/c1-8(12-6-10-3-4-11(12)5-10)16-13-7-14(19-15)18-9(2)17-13/h7-8,10-12H,3-6,15H2,1-2H3,(H2,16,17,18,19). The van der Waals surface area contributed by atoms with Crippen molar-refractivity contribution in [2.24, 2.45) is 23.6 Å². The normalized spacial score (nSPS) is 30.4. The molecule has 1 aromatic rings. The van der Waals surface area contributed by atoms with E-state index in [1.165, 1.54) is 25.7 Å². The summed E-state index contributed by atoms with van der Waals surface area (Å²) in [4.78, 5) is 8.65. The third kappa shape index (κ3) is 2.52. The summed E-state index contributed by atoms with van der Waals surface area (Å²) in [5.41, 5.74) is 2.59. The van der Waals surface area contributed by atoms with E-state index in [1.54, 1.807) is 0 Å². The Morgan fingerprint density at radius 2 is 2.05 bits per heavy atom. The smallest absolute Gasteiger partial charge is 0.145 e. The first kappa shape index (κ1) is 12.7. The number of rotatable bonds is 4. The van der Waals surface area contributed by atoms with Gasteiger partial charge in [-0.15, -0.1) is 0 Å². The van der Waals surface area contributed by atoms with Crippen LogP contribution in [-0.4, -0.2) is 16.0 Å². The van der Waals surface area contributed by atoms with E-state index in [2.05, 4.69) is 27.6 Å². The van der Waals surface area contributed by atoms with Crippen LogP contribution in [0.5, 0.6) is 0 Å². The first-order valence-corrected chi connectivity index (χ1v) is 7.24. The summed E-state index contributed by atoms with van der Waals surface area (Å²) in [5.74, 6) is 10.4. The molecular formula is C14H23N5. The van der Waals surface area contributed by atoms with E-state index < -0.39 is 0 Å². The minimum absolute atomic E-state index is 0.468. The molecule has 3 rings (SSSR count). The average molecular weight is 261 g/mol. The molecule has 2 saturated carbocycles. The zero-order valence-electron chi connectivity index (χ0n) is 11.7. The summed E-state index contributed by atoms with van der Waals surface area (Å²) in [6, 6.07) is 2.34. The maximum atomic E-state index is 5.42. The van der Waals surface area contributed by atoms with Gasteiger partial charge in [0.25, 0.3) is 0 Å². The van der Waals surface area contributed by atoms with Crippen LogP contribution in [0.1, 0.15) is 38.4 Å². The van der Waals surface area contributed by atoms with E-state index in [4.69, 9.17) is 5.84 Å². The molecule has 104 valence electrons. The number of nitrogen functional groups attached to an aromatic ring is 1. The van der Waals surface area contributed by atoms with Gasteiger partial charge in [0.1, 0.15) is 17.5 Å². The number of nitrogens with two attached hydrogens (primary N) is 1. The average Bonchev–Trinajstić information content (AvgIpc) is 3.00. The topological polar surface area (TPSA) is 75.9 Å². The molecule has 19 heavy (non-hydrogen) atoms. The SMILES string of the molecule is Cc1nc(NN)cc(NC(C)C2CC3CCC2C3)n1. The minimum atomic E-state index is 0.468. The van der Waals surface area contributed by atoms with E-state index >= 15 is 0 Å². The van der Waals surface area contributed by atoms with Crippen LogP contribution in [-0.2, 0) is 0 Å². The lowest BCUT2D eigenvalue weighted by atomic mass is 9.84. The third-order valence-corrected chi connectivity index (χ3v) is 4.80. The number of hydrazine groups is 1. The van der Waals surface area contributed by atoms with E-state index in [0.29, 0.717) is 11.9 Å². The number of anilines is 2. The van der Waals surface area contributed by atoms with E-state index in [1.807, 2.05) is 13.0 Å². The molecule has 2 bridgehead atoms. The Morgan fingerprint density at radius 3 is 2.68 bits per heavy atom. The molecule has 0 radical (unpaired) electrons. The van der Waals surface area contributed by atoms with Gasteiger partial charge in [0.05, 0.1) is 0 Å². The van der Waals surface area contributed by atoms with Crippen LogP contribution in [0, 0.1) is 24.7 Å². The monoisotopic (exact) mass is 261 g/mol. The second kappa shape index (κ2) is 4.96. The molecule has 4 atom stereocenters. The second-order valence-corrected chi connectivity index (χ2v) is 6.10. The number of aromatic nitrogens is 2. The molecule has 4 N–H and O–H groups in total. The molecule has 1 aromatic heterocycles. The van der Waals surface area contributed by atoms with Crippen molar-refractivity contribution >= 4 is 11.6 Å². The highest BCUT2D eigenvalue weighted by Gasteiger charge is 2.41. The van der Waals surface area contributed by atoms with Gasteiger partial charge in [-0.05, 0) is 50.9 Å². The fourth-order valence-corrected chi connectivity index (χ4v) is 3.96. The minimum Gasteiger partial charge on any atom is -0.367 e.